The molecule has 1 N–H and O–H groups in total. The first kappa shape index (κ1) is 11.4. The lowest BCUT2D eigenvalue weighted by Crippen LogP contribution is -2.30. The second-order valence-electron chi connectivity index (χ2n) is 5.57. The Kier molecular flexibility index (Phi) is 3.36. The van der Waals surface area contributed by atoms with Crippen molar-refractivity contribution < 1.29 is 9.84 Å². The number of aliphatic hydroxyl groups excluding tert-OH is 1. The molecular weight excluding hydrogens is 188 g/mol. The summed E-state index contributed by atoms with van der Waals surface area (Å²) < 4.78 is 5.77. The van der Waals surface area contributed by atoms with Crippen LogP contribution >= 0.6 is 0 Å². The van der Waals surface area contributed by atoms with Gasteiger partial charge in [-0.25, -0.2) is 0 Å². The van der Waals surface area contributed by atoms with Crippen LogP contribution in [0.25, 0.3) is 0 Å². The van der Waals surface area contributed by atoms with Crippen LogP contribution in [0.2, 0.25) is 0 Å². The van der Waals surface area contributed by atoms with Crippen LogP contribution in [0.5, 0.6) is 0 Å². The van der Waals surface area contributed by atoms with Gasteiger partial charge in [0, 0.05) is 5.92 Å². The summed E-state index contributed by atoms with van der Waals surface area (Å²) in [4.78, 5) is 0. The Hall–Kier alpha value is -0.0800. The van der Waals surface area contributed by atoms with Crippen molar-refractivity contribution in [1.82, 2.24) is 0 Å². The quantitative estimate of drug-likeness (QED) is 0.776. The highest BCUT2D eigenvalue weighted by molar-refractivity contribution is 4.89. The maximum Gasteiger partial charge on any atom is 0.0607 e. The summed E-state index contributed by atoms with van der Waals surface area (Å²) in [5, 5.41) is 10.2. The van der Waals surface area contributed by atoms with Gasteiger partial charge in [0.15, 0.2) is 0 Å². The number of hydrogen-bond acceptors (Lipinski definition) is 2. The van der Waals surface area contributed by atoms with Gasteiger partial charge in [-0.05, 0) is 38.5 Å². The molecule has 2 nitrogen and oxygen atoms in total. The fraction of sp³-hybridized carbons (Fsp3) is 1.00. The summed E-state index contributed by atoms with van der Waals surface area (Å²) in [6, 6.07) is 0. The summed E-state index contributed by atoms with van der Waals surface area (Å²) in [6.45, 7) is 6.43. The molecule has 88 valence electrons. The minimum absolute atomic E-state index is 0.152. The normalized spacial score (nSPS) is 43.2. The minimum Gasteiger partial charge on any atom is -0.393 e. The lowest BCUT2D eigenvalue weighted by Gasteiger charge is -2.24. The molecule has 5 atom stereocenters. The molecule has 0 amide bonds. The van der Waals surface area contributed by atoms with E-state index in [-0.39, 0.29) is 12.2 Å². The fourth-order valence-corrected chi connectivity index (χ4v) is 2.96. The zero-order valence-corrected chi connectivity index (χ0v) is 10.1. The molecule has 5 unspecified atom stereocenters. The van der Waals surface area contributed by atoms with Gasteiger partial charge in [0.05, 0.1) is 18.3 Å². The van der Waals surface area contributed by atoms with Gasteiger partial charge in [-0.15, -0.1) is 0 Å². The van der Waals surface area contributed by atoms with Gasteiger partial charge < -0.3 is 9.84 Å². The van der Waals surface area contributed by atoms with E-state index in [1.807, 2.05) is 0 Å². The van der Waals surface area contributed by atoms with Gasteiger partial charge >= 0.3 is 0 Å². The van der Waals surface area contributed by atoms with Gasteiger partial charge in [-0.3, -0.25) is 0 Å². The Balaban J connectivity index is 1.84. The van der Waals surface area contributed by atoms with Crippen molar-refractivity contribution in [3.8, 4) is 0 Å². The third kappa shape index (κ3) is 2.54. The van der Waals surface area contributed by atoms with Crippen LogP contribution in [0, 0.1) is 17.8 Å². The van der Waals surface area contributed by atoms with Gasteiger partial charge in [0.2, 0.25) is 0 Å². The molecule has 2 fully saturated rings. The molecule has 2 aliphatic rings. The maximum atomic E-state index is 10.2. The molecule has 1 aliphatic carbocycles. The van der Waals surface area contributed by atoms with E-state index >= 15 is 0 Å². The molecule has 0 spiro atoms. The average molecular weight is 212 g/mol. The Labute approximate surface area is 93.0 Å². The van der Waals surface area contributed by atoms with Crippen molar-refractivity contribution in [1.29, 1.82) is 0 Å². The van der Waals surface area contributed by atoms with Crippen molar-refractivity contribution in [3.05, 3.63) is 0 Å². The first-order valence-corrected chi connectivity index (χ1v) is 6.43. The first-order valence-electron chi connectivity index (χ1n) is 6.43. The molecule has 15 heavy (non-hydrogen) atoms. The molecular formula is C13H24O2. The summed E-state index contributed by atoms with van der Waals surface area (Å²) in [5.41, 5.74) is 0. The van der Waals surface area contributed by atoms with Crippen molar-refractivity contribution in [2.75, 3.05) is 0 Å². The van der Waals surface area contributed by atoms with Gasteiger partial charge in [0.25, 0.3) is 0 Å². The van der Waals surface area contributed by atoms with Crippen LogP contribution < -0.4 is 0 Å². The Bertz CT molecular complexity index is 213. The van der Waals surface area contributed by atoms with E-state index in [1.54, 1.807) is 0 Å². The number of rotatable bonds is 4. The topological polar surface area (TPSA) is 29.5 Å². The molecule has 0 radical (unpaired) electrons. The second-order valence-corrected chi connectivity index (χ2v) is 5.57. The van der Waals surface area contributed by atoms with E-state index in [4.69, 9.17) is 4.74 Å². The predicted octanol–water partition coefficient (Wildman–Crippen LogP) is 2.60. The van der Waals surface area contributed by atoms with E-state index in [9.17, 15) is 5.11 Å². The third-order valence-corrected chi connectivity index (χ3v) is 4.33. The standard InChI is InChI=1S/C13H24O2/c1-8-9(2)15-10(3)13(8)12(14)7-6-11-4-5-11/h8-14H,4-7H2,1-3H3. The highest BCUT2D eigenvalue weighted by Crippen LogP contribution is 2.39. The molecule has 1 saturated carbocycles. The average Bonchev–Trinajstić information content (AvgIpc) is 2.94. The smallest absolute Gasteiger partial charge is 0.0607 e. The minimum atomic E-state index is -0.152. The molecule has 1 saturated heterocycles. The zero-order chi connectivity index (χ0) is 11.0. The maximum absolute atomic E-state index is 10.2. The van der Waals surface area contributed by atoms with Gasteiger partial charge in [-0.1, -0.05) is 19.8 Å². The van der Waals surface area contributed by atoms with E-state index in [1.165, 1.54) is 19.3 Å². The lowest BCUT2D eigenvalue weighted by molar-refractivity contribution is 0.0200. The predicted molar refractivity (Wildman–Crippen MR) is 60.6 cm³/mol. The summed E-state index contributed by atoms with van der Waals surface area (Å²) in [7, 11) is 0. The highest BCUT2D eigenvalue weighted by Gasteiger charge is 2.41. The molecule has 0 aromatic heterocycles. The SMILES string of the molecule is CC1OC(C)C(C(O)CCC2CC2)C1C. The lowest BCUT2D eigenvalue weighted by atomic mass is 9.83. The second kappa shape index (κ2) is 4.42. The molecule has 0 aromatic rings. The molecule has 1 heterocycles. The number of aliphatic hydroxyl groups is 1. The van der Waals surface area contributed by atoms with Crippen LogP contribution in [0.15, 0.2) is 0 Å². The first-order chi connectivity index (χ1) is 7.09. The van der Waals surface area contributed by atoms with E-state index in [2.05, 4.69) is 20.8 Å². The van der Waals surface area contributed by atoms with E-state index < -0.39 is 0 Å². The molecule has 1 aliphatic heterocycles. The highest BCUT2D eigenvalue weighted by atomic mass is 16.5. The van der Waals surface area contributed by atoms with Crippen molar-refractivity contribution in [2.45, 2.75) is 64.8 Å². The summed E-state index contributed by atoms with van der Waals surface area (Å²) in [6.07, 6.45) is 5.33. The van der Waals surface area contributed by atoms with Gasteiger partial charge in [0.1, 0.15) is 0 Å². The molecule has 0 aromatic carbocycles. The largest absolute Gasteiger partial charge is 0.393 e. The fourth-order valence-electron chi connectivity index (χ4n) is 2.96. The van der Waals surface area contributed by atoms with Crippen LogP contribution in [0.3, 0.4) is 0 Å². The van der Waals surface area contributed by atoms with Crippen LogP contribution in [-0.2, 0) is 4.74 Å². The van der Waals surface area contributed by atoms with Crippen molar-refractivity contribution in [2.24, 2.45) is 17.8 Å². The Morgan fingerprint density at radius 3 is 2.33 bits per heavy atom. The Morgan fingerprint density at radius 2 is 1.87 bits per heavy atom. The Morgan fingerprint density at radius 1 is 1.20 bits per heavy atom. The van der Waals surface area contributed by atoms with Crippen molar-refractivity contribution >= 4 is 0 Å². The van der Waals surface area contributed by atoms with Crippen LogP contribution in [0.4, 0.5) is 0 Å². The zero-order valence-electron chi connectivity index (χ0n) is 10.1. The summed E-state index contributed by atoms with van der Waals surface area (Å²) >= 11 is 0. The number of hydrogen-bond donors (Lipinski definition) is 1. The van der Waals surface area contributed by atoms with Crippen LogP contribution in [-0.4, -0.2) is 23.4 Å². The third-order valence-electron chi connectivity index (χ3n) is 4.33. The van der Waals surface area contributed by atoms with Gasteiger partial charge in [-0.2, -0.15) is 0 Å². The molecule has 2 heteroatoms. The summed E-state index contributed by atoms with van der Waals surface area (Å²) in [5.74, 6) is 1.76. The van der Waals surface area contributed by atoms with E-state index in [0.29, 0.717) is 17.9 Å². The molecule has 2 rings (SSSR count). The van der Waals surface area contributed by atoms with Crippen LogP contribution in [0.1, 0.15) is 46.5 Å². The monoisotopic (exact) mass is 212 g/mol. The van der Waals surface area contributed by atoms with Crippen molar-refractivity contribution in [3.63, 3.8) is 0 Å². The number of ether oxygens (including phenoxy) is 1. The van der Waals surface area contributed by atoms with E-state index in [0.717, 1.165) is 12.3 Å². The molecule has 0 bridgehead atoms.